The van der Waals surface area contributed by atoms with Crippen LogP contribution in [0.5, 0.6) is 0 Å². The summed E-state index contributed by atoms with van der Waals surface area (Å²) in [6.07, 6.45) is -3.47. The molecule has 0 aliphatic heterocycles. The Morgan fingerprint density at radius 2 is 1.67 bits per heavy atom. The van der Waals surface area contributed by atoms with Crippen molar-refractivity contribution in [2.75, 3.05) is 6.61 Å². The van der Waals surface area contributed by atoms with Crippen LogP contribution in [0.25, 0.3) is 11.4 Å². The number of benzene rings is 2. The van der Waals surface area contributed by atoms with Gasteiger partial charge in [-0.25, -0.2) is 4.98 Å². The van der Waals surface area contributed by atoms with E-state index in [0.717, 1.165) is 17.3 Å². The fourth-order valence-corrected chi connectivity index (χ4v) is 2.67. The average Bonchev–Trinajstić information content (AvgIpc) is 3.11. The quantitative estimate of drug-likeness (QED) is 0.629. The van der Waals surface area contributed by atoms with Crippen LogP contribution in [-0.2, 0) is 30.6 Å². The predicted molar refractivity (Wildman–Crippen MR) is 96.7 cm³/mol. The fraction of sp³-hybridized carbons (Fsp3) is 0.250. The van der Waals surface area contributed by atoms with E-state index >= 15 is 0 Å². The first-order valence-corrected chi connectivity index (χ1v) is 8.53. The van der Waals surface area contributed by atoms with E-state index in [4.69, 9.17) is 10.5 Å². The lowest BCUT2D eigenvalue weighted by Crippen LogP contribution is -2.07. The third kappa shape index (κ3) is 4.96. The molecule has 0 saturated heterocycles. The van der Waals surface area contributed by atoms with Gasteiger partial charge in [-0.3, -0.25) is 0 Å². The van der Waals surface area contributed by atoms with Gasteiger partial charge >= 0.3 is 6.18 Å². The summed E-state index contributed by atoms with van der Waals surface area (Å²) in [5.74, 6) is 0.259. The SMILES string of the molecule is NCc1ccc(-c2nc(C(F)(F)F)cn2CCOCc2ccccc2)cc1. The van der Waals surface area contributed by atoms with Gasteiger partial charge in [0.2, 0.25) is 0 Å². The largest absolute Gasteiger partial charge is 0.434 e. The van der Waals surface area contributed by atoms with Crippen LogP contribution in [0, 0.1) is 0 Å². The molecule has 0 spiro atoms. The fourth-order valence-electron chi connectivity index (χ4n) is 2.67. The number of alkyl halides is 3. The van der Waals surface area contributed by atoms with Gasteiger partial charge in [0.25, 0.3) is 0 Å². The Balaban J connectivity index is 1.74. The number of nitrogens with two attached hydrogens (primary N) is 1. The van der Waals surface area contributed by atoms with E-state index in [1.807, 2.05) is 30.3 Å². The molecule has 4 nitrogen and oxygen atoms in total. The van der Waals surface area contributed by atoms with Crippen molar-refractivity contribution in [2.24, 2.45) is 5.73 Å². The van der Waals surface area contributed by atoms with Crippen molar-refractivity contribution in [3.63, 3.8) is 0 Å². The summed E-state index contributed by atoms with van der Waals surface area (Å²) in [5.41, 5.74) is 7.17. The molecule has 27 heavy (non-hydrogen) atoms. The van der Waals surface area contributed by atoms with Gasteiger partial charge in [0.1, 0.15) is 5.82 Å². The zero-order chi connectivity index (χ0) is 19.3. The van der Waals surface area contributed by atoms with Crippen molar-refractivity contribution in [2.45, 2.75) is 25.9 Å². The molecule has 2 N–H and O–H groups in total. The van der Waals surface area contributed by atoms with Crippen molar-refractivity contribution in [3.8, 4) is 11.4 Å². The van der Waals surface area contributed by atoms with Gasteiger partial charge in [-0.2, -0.15) is 13.2 Å². The van der Waals surface area contributed by atoms with Crippen LogP contribution in [0.15, 0.2) is 60.8 Å². The Morgan fingerprint density at radius 1 is 0.963 bits per heavy atom. The third-order valence-corrected chi connectivity index (χ3v) is 4.10. The van der Waals surface area contributed by atoms with Crippen LogP contribution in [0.2, 0.25) is 0 Å². The number of halogens is 3. The van der Waals surface area contributed by atoms with E-state index in [9.17, 15) is 13.2 Å². The van der Waals surface area contributed by atoms with E-state index in [-0.39, 0.29) is 19.0 Å². The molecule has 0 aliphatic carbocycles. The summed E-state index contributed by atoms with van der Waals surface area (Å²) in [6, 6.07) is 16.6. The highest BCUT2D eigenvalue weighted by atomic mass is 19.4. The van der Waals surface area contributed by atoms with Gasteiger partial charge in [0.15, 0.2) is 5.69 Å². The number of aromatic nitrogens is 2. The average molecular weight is 375 g/mol. The molecule has 0 atom stereocenters. The van der Waals surface area contributed by atoms with Crippen LogP contribution in [-0.4, -0.2) is 16.2 Å². The second-order valence-electron chi connectivity index (χ2n) is 6.08. The van der Waals surface area contributed by atoms with Crippen LogP contribution in [0.3, 0.4) is 0 Å². The highest BCUT2D eigenvalue weighted by Gasteiger charge is 2.34. The molecular weight excluding hydrogens is 355 g/mol. The van der Waals surface area contributed by atoms with Gasteiger partial charge < -0.3 is 15.0 Å². The number of rotatable bonds is 7. The lowest BCUT2D eigenvalue weighted by molar-refractivity contribution is -0.140. The van der Waals surface area contributed by atoms with Gasteiger partial charge in [0, 0.05) is 24.8 Å². The molecule has 3 aromatic rings. The number of imidazole rings is 1. The summed E-state index contributed by atoms with van der Waals surface area (Å²) < 4.78 is 46.4. The van der Waals surface area contributed by atoms with Gasteiger partial charge in [-0.1, -0.05) is 54.6 Å². The summed E-state index contributed by atoms with van der Waals surface area (Å²) in [6.45, 7) is 1.32. The monoisotopic (exact) mass is 375 g/mol. The molecule has 0 fully saturated rings. The Morgan fingerprint density at radius 3 is 2.30 bits per heavy atom. The summed E-state index contributed by atoms with van der Waals surface area (Å²) in [4.78, 5) is 3.80. The lowest BCUT2D eigenvalue weighted by atomic mass is 10.1. The molecular formula is C20H20F3N3O. The Kier molecular flexibility index (Phi) is 5.93. The van der Waals surface area contributed by atoms with Gasteiger partial charge in [-0.05, 0) is 11.1 Å². The maximum absolute atomic E-state index is 13.1. The van der Waals surface area contributed by atoms with Crippen LogP contribution < -0.4 is 5.73 Å². The van der Waals surface area contributed by atoms with Crippen molar-refractivity contribution < 1.29 is 17.9 Å². The summed E-state index contributed by atoms with van der Waals surface area (Å²) in [7, 11) is 0. The molecule has 0 amide bonds. The number of ether oxygens (including phenoxy) is 1. The standard InChI is InChI=1S/C20H20F3N3O/c21-20(22,23)18-13-26(10-11-27-14-16-4-2-1-3-5-16)19(25-18)17-8-6-15(12-24)7-9-17/h1-9,13H,10-12,14,24H2. The smallest absolute Gasteiger partial charge is 0.375 e. The van der Waals surface area contributed by atoms with Crippen molar-refractivity contribution in [3.05, 3.63) is 77.6 Å². The third-order valence-electron chi connectivity index (χ3n) is 4.10. The molecule has 0 bridgehead atoms. The second kappa shape index (κ2) is 8.37. The number of hydrogen-bond donors (Lipinski definition) is 1. The molecule has 0 radical (unpaired) electrons. The maximum Gasteiger partial charge on any atom is 0.434 e. The topological polar surface area (TPSA) is 53.1 Å². The summed E-state index contributed by atoms with van der Waals surface area (Å²) in [5, 5.41) is 0. The maximum atomic E-state index is 13.1. The number of nitrogens with zero attached hydrogens (tertiary/aromatic N) is 2. The zero-order valence-corrected chi connectivity index (χ0v) is 14.6. The van der Waals surface area contributed by atoms with E-state index in [0.29, 0.717) is 18.7 Å². The molecule has 0 unspecified atom stereocenters. The first-order chi connectivity index (χ1) is 13.0. The molecule has 3 rings (SSSR count). The second-order valence-corrected chi connectivity index (χ2v) is 6.08. The van der Waals surface area contributed by atoms with E-state index in [2.05, 4.69) is 4.98 Å². The Bertz CT molecular complexity index is 858. The van der Waals surface area contributed by atoms with Gasteiger partial charge in [0.05, 0.1) is 13.2 Å². The molecule has 1 heterocycles. The van der Waals surface area contributed by atoms with E-state index < -0.39 is 11.9 Å². The van der Waals surface area contributed by atoms with Crippen molar-refractivity contribution in [1.29, 1.82) is 0 Å². The highest BCUT2D eigenvalue weighted by Crippen LogP contribution is 2.31. The Hall–Kier alpha value is -2.64. The van der Waals surface area contributed by atoms with E-state index in [1.54, 1.807) is 24.3 Å². The molecule has 0 aliphatic rings. The Labute approximate surface area is 155 Å². The van der Waals surface area contributed by atoms with Crippen molar-refractivity contribution >= 4 is 0 Å². The first-order valence-electron chi connectivity index (χ1n) is 8.53. The lowest BCUT2D eigenvalue weighted by Gasteiger charge is -2.09. The summed E-state index contributed by atoms with van der Waals surface area (Å²) >= 11 is 0. The minimum Gasteiger partial charge on any atom is -0.375 e. The van der Waals surface area contributed by atoms with Crippen molar-refractivity contribution in [1.82, 2.24) is 9.55 Å². The minimum atomic E-state index is -4.50. The van der Waals surface area contributed by atoms with Crippen LogP contribution >= 0.6 is 0 Å². The predicted octanol–water partition coefficient (Wildman–Crippen LogP) is 4.24. The van der Waals surface area contributed by atoms with Crippen LogP contribution in [0.4, 0.5) is 13.2 Å². The number of hydrogen-bond acceptors (Lipinski definition) is 3. The van der Waals surface area contributed by atoms with E-state index in [1.165, 1.54) is 4.57 Å². The molecule has 2 aromatic carbocycles. The first kappa shape index (κ1) is 19.1. The van der Waals surface area contributed by atoms with Crippen LogP contribution in [0.1, 0.15) is 16.8 Å². The molecule has 0 saturated carbocycles. The molecule has 7 heteroatoms. The highest BCUT2D eigenvalue weighted by molar-refractivity contribution is 5.56. The minimum absolute atomic E-state index is 0.259. The molecule has 142 valence electrons. The zero-order valence-electron chi connectivity index (χ0n) is 14.6. The normalized spacial score (nSPS) is 11.7. The molecule has 1 aromatic heterocycles. The van der Waals surface area contributed by atoms with Gasteiger partial charge in [-0.15, -0.1) is 0 Å².